The van der Waals surface area contributed by atoms with E-state index in [4.69, 9.17) is 4.52 Å². The molecule has 3 nitrogen and oxygen atoms in total. The van der Waals surface area contributed by atoms with Gasteiger partial charge in [0.05, 0.1) is 6.16 Å². The van der Waals surface area contributed by atoms with Gasteiger partial charge in [0.1, 0.15) is 0 Å². The quantitative estimate of drug-likeness (QED) is 0.639. The van der Waals surface area contributed by atoms with Gasteiger partial charge in [-0.2, -0.15) is 0 Å². The van der Waals surface area contributed by atoms with E-state index in [9.17, 15) is 13.8 Å². The average molecular weight is 244 g/mol. The standard InChI is InChI=1S/C11H14FO3P/c1-3-6-9-7-5-8-10(11(9)12)15-16(13,14)4-2/h3,5,7-8H,1,4,6H2,2H3,(H,13,14). The highest BCUT2D eigenvalue weighted by Crippen LogP contribution is 2.43. The van der Waals surface area contributed by atoms with Crippen LogP contribution in [0.5, 0.6) is 5.75 Å². The molecule has 0 bridgehead atoms. The van der Waals surface area contributed by atoms with E-state index in [2.05, 4.69) is 6.58 Å². The first kappa shape index (κ1) is 12.9. The maximum absolute atomic E-state index is 13.7. The second-order valence-electron chi connectivity index (χ2n) is 3.27. The Balaban J connectivity index is 3.01. The normalized spacial score (nSPS) is 14.2. The van der Waals surface area contributed by atoms with E-state index in [1.807, 2.05) is 0 Å². The highest BCUT2D eigenvalue weighted by molar-refractivity contribution is 7.53. The minimum absolute atomic E-state index is 0.0574. The Hall–Kier alpha value is -1.12. The molecular formula is C11H14FO3P. The second kappa shape index (κ2) is 5.28. The summed E-state index contributed by atoms with van der Waals surface area (Å²) in [5.74, 6) is -0.794. The van der Waals surface area contributed by atoms with E-state index in [1.54, 1.807) is 18.2 Å². The van der Waals surface area contributed by atoms with Crippen molar-refractivity contribution >= 4 is 7.60 Å². The number of rotatable bonds is 5. The number of halogens is 1. The molecule has 88 valence electrons. The van der Waals surface area contributed by atoms with Gasteiger partial charge in [0.25, 0.3) is 0 Å². The molecule has 1 N–H and O–H groups in total. The summed E-state index contributed by atoms with van der Waals surface area (Å²) < 4.78 is 29.8. The highest BCUT2D eigenvalue weighted by Gasteiger charge is 2.20. The molecule has 1 atom stereocenters. The molecule has 1 rings (SSSR count). The molecule has 0 spiro atoms. The van der Waals surface area contributed by atoms with Crippen molar-refractivity contribution in [2.45, 2.75) is 13.3 Å². The van der Waals surface area contributed by atoms with Crippen LogP contribution < -0.4 is 4.52 Å². The molecule has 0 aliphatic heterocycles. The third-order valence-corrected chi connectivity index (χ3v) is 3.33. The van der Waals surface area contributed by atoms with Gasteiger partial charge in [0.15, 0.2) is 11.6 Å². The van der Waals surface area contributed by atoms with Crippen LogP contribution in [0.3, 0.4) is 0 Å². The third-order valence-electron chi connectivity index (χ3n) is 2.05. The topological polar surface area (TPSA) is 46.5 Å². The van der Waals surface area contributed by atoms with E-state index in [0.717, 1.165) is 0 Å². The average Bonchev–Trinajstić information content (AvgIpc) is 2.24. The van der Waals surface area contributed by atoms with Crippen LogP contribution in [-0.4, -0.2) is 11.1 Å². The first-order valence-electron chi connectivity index (χ1n) is 4.90. The lowest BCUT2D eigenvalue weighted by molar-refractivity contribution is 0.370. The van der Waals surface area contributed by atoms with Crippen LogP contribution in [0.15, 0.2) is 30.9 Å². The molecular weight excluding hydrogens is 230 g/mol. The lowest BCUT2D eigenvalue weighted by Gasteiger charge is -2.13. The monoisotopic (exact) mass is 244 g/mol. The third kappa shape index (κ3) is 3.19. The van der Waals surface area contributed by atoms with Crippen LogP contribution in [0.4, 0.5) is 4.39 Å². The van der Waals surface area contributed by atoms with Crippen LogP contribution in [0.2, 0.25) is 0 Å². The van der Waals surface area contributed by atoms with Gasteiger partial charge in [-0.1, -0.05) is 25.1 Å². The fourth-order valence-corrected chi connectivity index (χ4v) is 1.74. The zero-order valence-corrected chi connectivity index (χ0v) is 9.91. The zero-order chi connectivity index (χ0) is 12.2. The van der Waals surface area contributed by atoms with Crippen molar-refractivity contribution in [3.8, 4) is 5.75 Å². The molecule has 0 saturated carbocycles. The molecule has 5 heteroatoms. The van der Waals surface area contributed by atoms with Gasteiger partial charge in [-0.25, -0.2) is 8.96 Å². The van der Waals surface area contributed by atoms with Gasteiger partial charge in [-0.15, -0.1) is 6.58 Å². The summed E-state index contributed by atoms with van der Waals surface area (Å²) >= 11 is 0. The van der Waals surface area contributed by atoms with Crippen LogP contribution in [0, 0.1) is 5.82 Å². The van der Waals surface area contributed by atoms with E-state index < -0.39 is 13.4 Å². The van der Waals surface area contributed by atoms with Crippen LogP contribution in [-0.2, 0) is 11.0 Å². The van der Waals surface area contributed by atoms with Crippen molar-refractivity contribution in [1.82, 2.24) is 0 Å². The summed E-state index contributed by atoms with van der Waals surface area (Å²) in [6, 6.07) is 4.49. The Labute approximate surface area is 94.1 Å². The maximum Gasteiger partial charge on any atom is 0.376 e. The lowest BCUT2D eigenvalue weighted by Crippen LogP contribution is -1.98. The number of hydrogen-bond acceptors (Lipinski definition) is 2. The molecule has 16 heavy (non-hydrogen) atoms. The van der Waals surface area contributed by atoms with Crippen molar-refractivity contribution < 1.29 is 18.4 Å². The number of allylic oxidation sites excluding steroid dienone is 1. The summed E-state index contributed by atoms with van der Waals surface area (Å²) in [6.07, 6.45) is 1.85. The molecule has 1 unspecified atom stereocenters. The number of benzene rings is 1. The summed E-state index contributed by atoms with van der Waals surface area (Å²) in [5, 5.41) is 0. The lowest BCUT2D eigenvalue weighted by atomic mass is 10.1. The van der Waals surface area contributed by atoms with Crippen molar-refractivity contribution in [2.24, 2.45) is 0 Å². The number of hydrogen-bond donors (Lipinski definition) is 1. The van der Waals surface area contributed by atoms with Crippen molar-refractivity contribution in [1.29, 1.82) is 0 Å². The Morgan fingerprint density at radius 1 is 1.62 bits per heavy atom. The largest absolute Gasteiger partial charge is 0.421 e. The van der Waals surface area contributed by atoms with E-state index in [0.29, 0.717) is 12.0 Å². The van der Waals surface area contributed by atoms with Gasteiger partial charge in [-0.3, -0.25) is 0 Å². The van der Waals surface area contributed by atoms with E-state index in [-0.39, 0.29) is 11.9 Å². The summed E-state index contributed by atoms with van der Waals surface area (Å²) in [5.41, 5.74) is 0.392. The van der Waals surface area contributed by atoms with Crippen molar-refractivity contribution in [3.63, 3.8) is 0 Å². The van der Waals surface area contributed by atoms with Crippen molar-refractivity contribution in [2.75, 3.05) is 6.16 Å². The fraction of sp³-hybridized carbons (Fsp3) is 0.273. The summed E-state index contributed by atoms with van der Waals surface area (Å²) in [6.45, 7) is 5.01. The molecule has 0 heterocycles. The zero-order valence-electron chi connectivity index (χ0n) is 9.02. The Kier molecular flexibility index (Phi) is 4.27. The minimum atomic E-state index is -3.73. The molecule has 0 aliphatic rings. The predicted molar refractivity (Wildman–Crippen MR) is 61.3 cm³/mol. The Morgan fingerprint density at radius 2 is 2.31 bits per heavy atom. The molecule has 0 aliphatic carbocycles. The molecule has 1 aromatic carbocycles. The van der Waals surface area contributed by atoms with Crippen LogP contribution in [0.1, 0.15) is 12.5 Å². The highest BCUT2D eigenvalue weighted by atomic mass is 31.2. The van der Waals surface area contributed by atoms with E-state index >= 15 is 0 Å². The summed E-state index contributed by atoms with van der Waals surface area (Å²) in [4.78, 5) is 9.27. The van der Waals surface area contributed by atoms with Crippen molar-refractivity contribution in [3.05, 3.63) is 42.2 Å². The Bertz CT molecular complexity index is 431. The minimum Gasteiger partial charge on any atom is -0.421 e. The first-order chi connectivity index (χ1) is 7.50. The van der Waals surface area contributed by atoms with Crippen LogP contribution in [0.25, 0.3) is 0 Å². The second-order valence-corrected chi connectivity index (χ2v) is 5.36. The molecule has 0 amide bonds. The Morgan fingerprint density at radius 3 is 2.88 bits per heavy atom. The van der Waals surface area contributed by atoms with Gasteiger partial charge in [-0.05, 0) is 18.1 Å². The summed E-state index contributed by atoms with van der Waals surface area (Å²) in [7, 11) is -3.73. The molecule has 1 aromatic rings. The van der Waals surface area contributed by atoms with Crippen LogP contribution >= 0.6 is 7.60 Å². The van der Waals surface area contributed by atoms with Gasteiger partial charge >= 0.3 is 7.60 Å². The van der Waals surface area contributed by atoms with E-state index in [1.165, 1.54) is 13.0 Å². The SMILES string of the molecule is C=CCc1cccc(OP(=O)(O)CC)c1F. The van der Waals surface area contributed by atoms with Gasteiger partial charge < -0.3 is 9.42 Å². The maximum atomic E-state index is 13.7. The fourth-order valence-electron chi connectivity index (χ4n) is 1.16. The van der Waals surface area contributed by atoms with Gasteiger partial charge in [0, 0.05) is 0 Å². The molecule has 0 fully saturated rings. The van der Waals surface area contributed by atoms with Gasteiger partial charge in [0.2, 0.25) is 0 Å². The molecule has 0 saturated heterocycles. The molecule has 0 aromatic heterocycles. The predicted octanol–water partition coefficient (Wildman–Crippen LogP) is 3.14. The first-order valence-corrected chi connectivity index (χ1v) is 6.66. The smallest absolute Gasteiger partial charge is 0.376 e. The molecule has 0 radical (unpaired) electrons.